The first-order chi connectivity index (χ1) is 19.6. The van der Waals surface area contributed by atoms with Crippen LogP contribution in [0.25, 0.3) is 0 Å². The second-order valence-electron chi connectivity index (χ2n) is 12.4. The van der Waals surface area contributed by atoms with Crippen molar-refractivity contribution in [3.8, 4) is 0 Å². The summed E-state index contributed by atoms with van der Waals surface area (Å²) in [5.74, 6) is 1.11. The Labute approximate surface area is 268 Å². The van der Waals surface area contributed by atoms with Crippen LogP contribution in [-0.2, 0) is 21.5 Å². The van der Waals surface area contributed by atoms with E-state index in [4.69, 9.17) is 39.9 Å². The number of rotatable bonds is 5. The van der Waals surface area contributed by atoms with Gasteiger partial charge in [-0.2, -0.15) is 6.42 Å². The number of halogens is 3. The Hall–Kier alpha value is -0.298. The van der Waals surface area contributed by atoms with Crippen LogP contribution in [0.15, 0.2) is 47.5 Å². The number of benzene rings is 2. The van der Waals surface area contributed by atoms with Gasteiger partial charge >= 0.3 is 41.5 Å². The van der Waals surface area contributed by atoms with Gasteiger partial charge in [0.2, 0.25) is 0 Å². The van der Waals surface area contributed by atoms with Crippen molar-refractivity contribution in [3.63, 3.8) is 0 Å². The third-order valence-corrected chi connectivity index (χ3v) is 11.7. The third-order valence-electron chi connectivity index (χ3n) is 8.24. The van der Waals surface area contributed by atoms with Crippen LogP contribution in [0.4, 0.5) is 5.69 Å². The van der Waals surface area contributed by atoms with Crippen molar-refractivity contribution in [1.82, 2.24) is 5.09 Å². The zero-order valence-corrected chi connectivity index (χ0v) is 30.0. The zero-order chi connectivity index (χ0) is 29.8. The van der Waals surface area contributed by atoms with Crippen LogP contribution in [0.5, 0.6) is 0 Å². The number of ether oxygens (including phenoxy) is 1. The molecule has 3 nitrogen and oxygen atoms in total. The SMILES string of the molecule is Cc1cccc(C)c1N=C(N[PH+](C1CCCC1)C1CCCC1)c1ccc(C(C)(C)C)cc1.[CH-]1CCCO1.[Cl][Cr+]([Cl])[Cl]. The molecule has 5 rings (SSSR count). The summed E-state index contributed by atoms with van der Waals surface area (Å²) in [6, 6.07) is 15.7. The van der Waals surface area contributed by atoms with Crippen LogP contribution in [0.3, 0.4) is 0 Å². The number of hydrogen-bond donors (Lipinski definition) is 1. The molecule has 3 fully saturated rings. The molecular formula is C33H49Cl3CrN2OP+. The topological polar surface area (TPSA) is 33.6 Å². The van der Waals surface area contributed by atoms with Crippen LogP contribution >= 0.6 is 38.2 Å². The molecule has 8 heteroatoms. The molecule has 1 saturated heterocycles. The van der Waals surface area contributed by atoms with Crippen molar-refractivity contribution in [2.24, 2.45) is 4.99 Å². The fourth-order valence-electron chi connectivity index (χ4n) is 5.95. The maximum absolute atomic E-state index is 5.33. The molecule has 2 aromatic rings. The molecule has 0 spiro atoms. The van der Waals surface area contributed by atoms with Gasteiger partial charge in [0.25, 0.3) is 0 Å². The van der Waals surface area contributed by atoms with Crippen molar-refractivity contribution < 1.29 is 16.1 Å². The van der Waals surface area contributed by atoms with E-state index in [2.05, 4.69) is 82.2 Å². The Kier molecular flexibility index (Phi) is 15.3. The Morgan fingerprint density at radius 1 is 0.878 bits per heavy atom. The van der Waals surface area contributed by atoms with Crippen molar-refractivity contribution in [2.75, 3.05) is 6.61 Å². The number of amidine groups is 1. The summed E-state index contributed by atoms with van der Waals surface area (Å²) in [5, 5.41) is 4.17. The third kappa shape index (κ3) is 12.0. The molecule has 41 heavy (non-hydrogen) atoms. The summed E-state index contributed by atoms with van der Waals surface area (Å²) in [6.45, 7) is 14.0. The van der Waals surface area contributed by atoms with E-state index >= 15 is 0 Å². The molecule has 228 valence electrons. The number of nitrogens with zero attached hydrogens (tertiary/aromatic N) is 1. The van der Waals surface area contributed by atoms with Crippen LogP contribution < -0.4 is 5.09 Å². The van der Waals surface area contributed by atoms with Crippen molar-refractivity contribution in [3.05, 3.63) is 71.3 Å². The van der Waals surface area contributed by atoms with E-state index in [9.17, 15) is 0 Å². The average Bonchev–Trinajstić information content (AvgIpc) is 3.73. The predicted molar refractivity (Wildman–Crippen MR) is 180 cm³/mol. The maximum atomic E-state index is 5.33. The van der Waals surface area contributed by atoms with Crippen LogP contribution in [-0.4, -0.2) is 23.8 Å². The molecule has 1 heterocycles. The van der Waals surface area contributed by atoms with Gasteiger partial charge in [0.05, 0.1) is 25.1 Å². The summed E-state index contributed by atoms with van der Waals surface area (Å²) in [6.07, 6.45) is 13.7. The molecule has 0 unspecified atom stereocenters. The molecule has 2 aromatic carbocycles. The molecule has 0 atom stereocenters. The molecule has 0 amide bonds. The van der Waals surface area contributed by atoms with Gasteiger partial charge in [0.1, 0.15) is 0 Å². The molecule has 0 radical (unpaired) electrons. The van der Waals surface area contributed by atoms with Gasteiger partial charge in [-0.25, -0.2) is 16.7 Å². The van der Waals surface area contributed by atoms with Gasteiger partial charge in [-0.15, -0.1) is 0 Å². The number of hydrogen-bond acceptors (Lipinski definition) is 2. The minimum atomic E-state index is -1.62. The van der Waals surface area contributed by atoms with E-state index in [0.29, 0.717) is 0 Å². The number of para-hydroxylation sites is 1. The fraction of sp³-hybridized carbons (Fsp3) is 0.576. The first kappa shape index (κ1) is 35.2. The molecule has 0 bridgehead atoms. The summed E-state index contributed by atoms with van der Waals surface area (Å²) in [5.41, 5.74) is 8.20. The van der Waals surface area contributed by atoms with Crippen LogP contribution in [0.2, 0.25) is 0 Å². The van der Waals surface area contributed by atoms with Gasteiger partial charge in [-0.1, -0.05) is 69.7 Å². The first-order valence-corrected chi connectivity index (χ1v) is 22.0. The molecule has 2 aliphatic carbocycles. The summed E-state index contributed by atoms with van der Waals surface area (Å²) in [4.78, 5) is 5.33. The van der Waals surface area contributed by atoms with E-state index in [0.717, 1.165) is 35.9 Å². The molecule has 2 saturated carbocycles. The monoisotopic (exact) mass is 677 g/mol. The molecule has 1 N–H and O–H groups in total. The molecule has 1 aliphatic heterocycles. The normalized spacial score (nSPS) is 18.3. The Morgan fingerprint density at radius 2 is 1.39 bits per heavy atom. The van der Waals surface area contributed by atoms with Gasteiger partial charge < -0.3 is 4.74 Å². The number of aryl methyl sites for hydroxylation is 2. The predicted octanol–water partition coefficient (Wildman–Crippen LogP) is 11.3. The standard InChI is InChI=1S/C29H41N2P.C4H7O.3ClH.Cr/c1-21-11-10-12-22(2)27(21)30-28(23-17-19-24(20-18-23)29(3,4)5)31-32(25-13-6-7-14-25)26-15-8-9-16-26;1-2-4-5-3-1;;;;/h10-12,17-20,25-26H,6-9,13-16H2,1-5H3,(H,30,31);3H,1-2,4H2;3*1H;/q;-1;;;;+4/p-2. The second kappa shape index (κ2) is 17.9. The van der Waals surface area contributed by atoms with Gasteiger partial charge in [-0.3, -0.25) is 0 Å². The Bertz CT molecular complexity index is 1030. The minimum absolute atomic E-state index is 0.165. The quantitative estimate of drug-likeness (QED) is 0.148. The Balaban J connectivity index is 0.000000442. The fourth-order valence-corrected chi connectivity index (χ4v) is 9.56. The summed E-state index contributed by atoms with van der Waals surface area (Å²) >= 11 is -1.62. The van der Waals surface area contributed by atoms with Gasteiger partial charge in [0.15, 0.2) is 5.84 Å². The van der Waals surface area contributed by atoms with Gasteiger partial charge in [0, 0.05) is 12.2 Å². The van der Waals surface area contributed by atoms with Crippen LogP contribution in [0.1, 0.15) is 107 Å². The first-order valence-electron chi connectivity index (χ1n) is 15.1. The molecule has 0 aromatic heterocycles. The van der Waals surface area contributed by atoms with E-state index in [-0.39, 0.29) is 5.41 Å². The van der Waals surface area contributed by atoms with E-state index < -0.39 is 19.5 Å². The summed E-state index contributed by atoms with van der Waals surface area (Å²) < 4.78 is 4.82. The van der Waals surface area contributed by atoms with Crippen molar-refractivity contribution in [1.29, 1.82) is 0 Å². The van der Waals surface area contributed by atoms with E-state index in [1.807, 2.05) is 6.61 Å². The second-order valence-corrected chi connectivity index (χ2v) is 21.5. The zero-order valence-electron chi connectivity index (χ0n) is 25.4. The van der Waals surface area contributed by atoms with E-state index in [1.165, 1.54) is 80.0 Å². The number of nitrogens with one attached hydrogen (secondary N) is 1. The van der Waals surface area contributed by atoms with Crippen molar-refractivity contribution >= 4 is 49.7 Å². The Morgan fingerprint density at radius 3 is 1.78 bits per heavy atom. The molecule has 3 aliphatic rings. The molecular weight excluding hydrogens is 630 g/mol. The average molecular weight is 679 g/mol. The number of aliphatic imine (C=N–C) groups is 1. The summed E-state index contributed by atoms with van der Waals surface area (Å²) in [7, 11) is 14.1. The van der Waals surface area contributed by atoms with E-state index in [1.54, 1.807) is 0 Å². The van der Waals surface area contributed by atoms with Crippen LogP contribution in [0, 0.1) is 20.5 Å². The van der Waals surface area contributed by atoms with Crippen molar-refractivity contribution in [2.45, 2.75) is 116 Å². The van der Waals surface area contributed by atoms with Gasteiger partial charge in [-0.05, 0) is 87.3 Å².